The minimum atomic E-state index is -4.31. The molecule has 146 valence electrons. The maximum absolute atomic E-state index is 12.6. The summed E-state index contributed by atoms with van der Waals surface area (Å²) in [5.41, 5.74) is -0.0532. The van der Waals surface area contributed by atoms with E-state index in [4.69, 9.17) is 0 Å². The van der Waals surface area contributed by atoms with E-state index < -0.39 is 25.8 Å². The molecule has 1 N–H and O–H groups in total. The minimum absolute atomic E-state index is 0.133. The van der Waals surface area contributed by atoms with Crippen molar-refractivity contribution in [2.45, 2.75) is 17.0 Å². The maximum Gasteiger partial charge on any atom is 0.285 e. The highest BCUT2D eigenvalue weighted by atomic mass is 32.2. The molecule has 2 heterocycles. The number of rotatable bonds is 5. The van der Waals surface area contributed by atoms with Crippen LogP contribution in [0.5, 0.6) is 0 Å². The zero-order chi connectivity index (χ0) is 20.7. The predicted molar refractivity (Wildman–Crippen MR) is 99.4 cm³/mol. The molecule has 0 spiro atoms. The minimum Gasteiger partial charge on any atom is -0.295 e. The molecule has 3 rings (SSSR count). The van der Waals surface area contributed by atoms with Crippen LogP contribution in [0.1, 0.15) is 27.8 Å². The summed E-state index contributed by atoms with van der Waals surface area (Å²) in [5, 5.41) is -0.385. The Labute approximate surface area is 161 Å². The van der Waals surface area contributed by atoms with Crippen molar-refractivity contribution in [3.63, 3.8) is 0 Å². The fourth-order valence-corrected chi connectivity index (χ4v) is 4.32. The van der Waals surface area contributed by atoms with Gasteiger partial charge in [0.2, 0.25) is 15.0 Å². The van der Waals surface area contributed by atoms with E-state index in [1.54, 1.807) is 12.1 Å². The first-order chi connectivity index (χ1) is 13.0. The Morgan fingerprint density at radius 2 is 1.75 bits per heavy atom. The molecule has 9 nitrogen and oxygen atoms in total. The van der Waals surface area contributed by atoms with E-state index in [1.165, 1.54) is 41.8 Å². The fraction of sp³-hybridized carbons (Fsp3) is 0.118. The topological polar surface area (TPSA) is 132 Å². The van der Waals surface area contributed by atoms with Crippen LogP contribution in [0.3, 0.4) is 0 Å². The van der Waals surface area contributed by atoms with Crippen LogP contribution in [0.2, 0.25) is 0 Å². The number of imidazole rings is 1. The molecule has 0 saturated carbocycles. The summed E-state index contributed by atoms with van der Waals surface area (Å²) in [6.07, 6.45) is 2.33. The predicted octanol–water partition coefficient (Wildman–Crippen LogP) is 1.06. The summed E-state index contributed by atoms with van der Waals surface area (Å²) < 4.78 is 52.0. The second-order valence-corrected chi connectivity index (χ2v) is 9.58. The van der Waals surface area contributed by atoms with Crippen molar-refractivity contribution in [2.75, 3.05) is 6.26 Å². The summed E-state index contributed by atoms with van der Waals surface area (Å²) in [7, 11) is -8.08. The number of nitrogens with one attached hydrogen (secondary N) is 1. The van der Waals surface area contributed by atoms with E-state index in [0.717, 1.165) is 12.3 Å². The van der Waals surface area contributed by atoms with Gasteiger partial charge in [-0.25, -0.2) is 26.5 Å². The summed E-state index contributed by atoms with van der Waals surface area (Å²) >= 11 is 0. The van der Waals surface area contributed by atoms with Gasteiger partial charge in [-0.05, 0) is 31.2 Å². The molecule has 0 fully saturated rings. The number of pyridine rings is 1. The van der Waals surface area contributed by atoms with E-state index in [9.17, 15) is 26.4 Å². The molecule has 0 aliphatic heterocycles. The van der Waals surface area contributed by atoms with Crippen LogP contribution < -0.4 is 4.72 Å². The SMILES string of the molecule is CC(=O)c1cccc(S(=O)(=O)NC(=O)c2nc(S(C)(=O)=O)n3ccccc23)c1. The summed E-state index contributed by atoms with van der Waals surface area (Å²) in [6.45, 7) is 1.29. The highest BCUT2D eigenvalue weighted by Gasteiger charge is 2.26. The first-order valence-electron chi connectivity index (χ1n) is 7.86. The van der Waals surface area contributed by atoms with Crippen LogP contribution in [-0.2, 0) is 19.9 Å². The molecule has 28 heavy (non-hydrogen) atoms. The third kappa shape index (κ3) is 3.66. The number of carbonyl (C=O) groups excluding carboxylic acids is 2. The molecule has 0 atom stereocenters. The molecule has 11 heteroatoms. The Morgan fingerprint density at radius 3 is 2.39 bits per heavy atom. The Hall–Kier alpha value is -3.05. The normalized spacial score (nSPS) is 12.1. The van der Waals surface area contributed by atoms with Gasteiger partial charge in [-0.15, -0.1) is 0 Å². The van der Waals surface area contributed by atoms with Crippen molar-refractivity contribution in [1.82, 2.24) is 14.1 Å². The van der Waals surface area contributed by atoms with E-state index in [1.807, 2.05) is 4.72 Å². The Kier molecular flexibility index (Phi) is 4.81. The summed E-state index contributed by atoms with van der Waals surface area (Å²) in [4.78, 5) is 27.6. The molecular weight excluding hydrogens is 406 g/mol. The van der Waals surface area contributed by atoms with Gasteiger partial charge in [0.05, 0.1) is 10.4 Å². The molecule has 0 unspecified atom stereocenters. The third-order valence-corrected chi connectivity index (χ3v) is 6.12. The zero-order valence-corrected chi connectivity index (χ0v) is 16.4. The standard InChI is InChI=1S/C17H15N3O6S2/c1-11(21)12-6-5-7-13(10-12)28(25,26)19-16(22)15-14-8-3-4-9-20(14)17(18-15)27(2,23)24/h3-10H,1-2H3,(H,19,22). The molecule has 1 aromatic carbocycles. The number of hydrogen-bond acceptors (Lipinski definition) is 7. The Morgan fingerprint density at radius 1 is 1.04 bits per heavy atom. The van der Waals surface area contributed by atoms with Gasteiger partial charge in [-0.3, -0.25) is 14.0 Å². The number of sulfonamides is 1. The zero-order valence-electron chi connectivity index (χ0n) is 14.8. The molecule has 0 aliphatic rings. The number of hydrogen-bond donors (Lipinski definition) is 1. The van der Waals surface area contributed by atoms with Crippen LogP contribution in [0.25, 0.3) is 5.52 Å². The third-order valence-electron chi connectivity index (χ3n) is 3.84. The number of carbonyl (C=O) groups is 2. The number of amides is 1. The molecule has 3 aromatic rings. The van der Waals surface area contributed by atoms with Gasteiger partial charge in [-0.2, -0.15) is 0 Å². The van der Waals surface area contributed by atoms with Crippen molar-refractivity contribution < 1.29 is 26.4 Å². The average molecular weight is 421 g/mol. The monoisotopic (exact) mass is 421 g/mol. The smallest absolute Gasteiger partial charge is 0.285 e. The highest BCUT2D eigenvalue weighted by Crippen LogP contribution is 2.18. The Bertz CT molecular complexity index is 1320. The van der Waals surface area contributed by atoms with Gasteiger partial charge in [-0.1, -0.05) is 18.2 Å². The summed E-state index contributed by atoms with van der Waals surface area (Å²) in [5.74, 6) is -1.42. The number of benzene rings is 1. The second-order valence-electron chi connectivity index (χ2n) is 5.99. The first kappa shape index (κ1) is 19.7. The number of fused-ring (bicyclic) bond motifs is 1. The Balaban J connectivity index is 2.04. The second kappa shape index (κ2) is 6.84. The lowest BCUT2D eigenvalue weighted by atomic mass is 10.2. The van der Waals surface area contributed by atoms with Gasteiger partial charge in [0.1, 0.15) is 0 Å². The summed E-state index contributed by atoms with van der Waals surface area (Å²) in [6, 6.07) is 9.76. The van der Waals surface area contributed by atoms with Crippen LogP contribution in [0.4, 0.5) is 0 Å². The van der Waals surface area contributed by atoms with Crippen LogP contribution in [0.15, 0.2) is 58.7 Å². The van der Waals surface area contributed by atoms with Crippen LogP contribution >= 0.6 is 0 Å². The number of ketones is 1. The number of nitrogens with zero attached hydrogens (tertiary/aromatic N) is 2. The van der Waals surface area contributed by atoms with E-state index in [-0.39, 0.29) is 32.6 Å². The van der Waals surface area contributed by atoms with Gasteiger partial charge < -0.3 is 0 Å². The first-order valence-corrected chi connectivity index (χ1v) is 11.2. The van der Waals surface area contributed by atoms with Gasteiger partial charge in [0.15, 0.2) is 11.5 Å². The number of sulfone groups is 1. The number of aromatic nitrogens is 2. The van der Waals surface area contributed by atoms with Crippen molar-refractivity contribution in [3.05, 3.63) is 59.9 Å². The largest absolute Gasteiger partial charge is 0.295 e. The average Bonchev–Trinajstić information content (AvgIpc) is 3.01. The fourth-order valence-electron chi connectivity index (χ4n) is 2.55. The molecule has 0 bridgehead atoms. The molecule has 1 amide bonds. The number of Topliss-reactive ketones (excluding diaryl/α,β-unsaturated/α-hetero) is 1. The molecule has 2 aromatic heterocycles. The van der Waals surface area contributed by atoms with Crippen molar-refractivity contribution in [3.8, 4) is 0 Å². The molecular formula is C17H15N3O6S2. The van der Waals surface area contributed by atoms with E-state index >= 15 is 0 Å². The molecule has 0 radical (unpaired) electrons. The van der Waals surface area contributed by atoms with Gasteiger partial charge in [0.25, 0.3) is 15.9 Å². The molecule has 0 saturated heterocycles. The lowest BCUT2D eigenvalue weighted by Crippen LogP contribution is -2.31. The molecule has 0 aliphatic carbocycles. The van der Waals surface area contributed by atoms with Gasteiger partial charge in [0, 0.05) is 18.0 Å². The lowest BCUT2D eigenvalue weighted by molar-refractivity contribution is 0.0976. The van der Waals surface area contributed by atoms with Crippen LogP contribution in [-0.4, -0.2) is 44.2 Å². The van der Waals surface area contributed by atoms with E-state index in [2.05, 4.69) is 4.98 Å². The van der Waals surface area contributed by atoms with Crippen molar-refractivity contribution in [2.24, 2.45) is 0 Å². The van der Waals surface area contributed by atoms with E-state index in [0.29, 0.717) is 0 Å². The van der Waals surface area contributed by atoms with Crippen molar-refractivity contribution in [1.29, 1.82) is 0 Å². The van der Waals surface area contributed by atoms with Crippen molar-refractivity contribution >= 4 is 37.1 Å². The lowest BCUT2D eigenvalue weighted by Gasteiger charge is -2.07. The van der Waals surface area contributed by atoms with Crippen LogP contribution in [0, 0.1) is 0 Å². The quantitative estimate of drug-likeness (QED) is 0.609. The highest BCUT2D eigenvalue weighted by molar-refractivity contribution is 7.90. The van der Waals surface area contributed by atoms with Gasteiger partial charge >= 0.3 is 0 Å². The maximum atomic E-state index is 12.6.